The van der Waals surface area contributed by atoms with Crippen molar-refractivity contribution in [2.75, 3.05) is 37.7 Å². The van der Waals surface area contributed by atoms with Crippen LogP contribution < -0.4 is 9.64 Å². The van der Waals surface area contributed by atoms with Crippen molar-refractivity contribution in [2.24, 2.45) is 0 Å². The van der Waals surface area contributed by atoms with Gasteiger partial charge >= 0.3 is 0 Å². The molecule has 0 unspecified atom stereocenters. The molecule has 0 saturated carbocycles. The number of hydrogen-bond acceptors (Lipinski definition) is 3. The number of halogens is 1. The van der Waals surface area contributed by atoms with Crippen LogP contribution in [0, 0.1) is 5.82 Å². The number of benzene rings is 3. The van der Waals surface area contributed by atoms with Crippen LogP contribution in [0.25, 0.3) is 10.9 Å². The predicted molar refractivity (Wildman–Crippen MR) is 152 cm³/mol. The molecule has 1 saturated heterocycles. The maximum atomic E-state index is 14.3. The highest BCUT2D eigenvalue weighted by Crippen LogP contribution is 2.31. The van der Waals surface area contributed by atoms with Crippen molar-refractivity contribution in [3.8, 4) is 5.75 Å². The Balaban J connectivity index is 1.45. The van der Waals surface area contributed by atoms with Gasteiger partial charge in [-0.3, -0.25) is 4.79 Å². The van der Waals surface area contributed by atoms with Crippen molar-refractivity contribution >= 4 is 22.5 Å². The zero-order valence-corrected chi connectivity index (χ0v) is 22.7. The first-order valence-electron chi connectivity index (χ1n) is 13.4. The zero-order valence-electron chi connectivity index (χ0n) is 22.7. The number of anilines is 1. The minimum Gasteiger partial charge on any atom is -0.493 e. The Labute approximate surface area is 224 Å². The highest BCUT2D eigenvalue weighted by molar-refractivity contribution is 6.00. The Morgan fingerprint density at radius 1 is 0.921 bits per heavy atom. The number of aromatic nitrogens is 1. The molecule has 0 bridgehead atoms. The zero-order chi connectivity index (χ0) is 26.9. The molecular weight excluding hydrogens is 477 g/mol. The molecule has 2 heterocycles. The summed E-state index contributed by atoms with van der Waals surface area (Å²) in [4.78, 5) is 17.8. The maximum Gasteiger partial charge on any atom is 0.270 e. The molecule has 38 heavy (non-hydrogen) atoms. The first kappa shape index (κ1) is 25.8. The second kappa shape index (κ2) is 10.5. The first-order valence-corrected chi connectivity index (χ1v) is 13.4. The van der Waals surface area contributed by atoms with Gasteiger partial charge in [0.25, 0.3) is 5.91 Å². The smallest absolute Gasteiger partial charge is 0.270 e. The van der Waals surface area contributed by atoms with Gasteiger partial charge in [0.2, 0.25) is 0 Å². The second-order valence-corrected chi connectivity index (χ2v) is 10.9. The molecule has 0 aliphatic carbocycles. The average Bonchev–Trinajstić information content (AvgIpc) is 3.28. The molecule has 1 aliphatic heterocycles. The average molecular weight is 514 g/mol. The predicted octanol–water partition coefficient (Wildman–Crippen LogP) is 6.49. The molecule has 6 heteroatoms. The molecule has 0 spiro atoms. The number of piperazine rings is 1. The Morgan fingerprint density at radius 3 is 2.29 bits per heavy atom. The van der Waals surface area contributed by atoms with E-state index in [0.29, 0.717) is 50.7 Å². The highest BCUT2D eigenvalue weighted by Gasteiger charge is 2.27. The summed E-state index contributed by atoms with van der Waals surface area (Å²) < 4.78 is 22.3. The molecular formula is C32H36FN3O2. The Bertz CT molecular complexity index is 1430. The van der Waals surface area contributed by atoms with Crippen LogP contribution in [0.1, 0.15) is 49.3 Å². The summed E-state index contributed by atoms with van der Waals surface area (Å²) in [7, 11) is 0. The number of carbonyl (C=O) groups is 1. The minimum atomic E-state index is -0.228. The van der Waals surface area contributed by atoms with E-state index in [2.05, 4.69) is 49.6 Å². The maximum absolute atomic E-state index is 14.3. The van der Waals surface area contributed by atoms with E-state index in [9.17, 15) is 9.18 Å². The van der Waals surface area contributed by atoms with Gasteiger partial charge in [0.05, 0.1) is 17.8 Å². The van der Waals surface area contributed by atoms with E-state index in [4.69, 9.17) is 4.74 Å². The number of hydrogen-bond donors (Lipinski definition) is 0. The summed E-state index contributed by atoms with van der Waals surface area (Å²) in [6.45, 7) is 12.0. The van der Waals surface area contributed by atoms with E-state index >= 15 is 0 Å². The fraction of sp³-hybridized carbons (Fsp3) is 0.344. The quantitative estimate of drug-likeness (QED) is 0.296. The summed E-state index contributed by atoms with van der Waals surface area (Å²) in [5, 5.41) is 0.939. The number of rotatable bonds is 6. The normalized spacial score (nSPS) is 14.2. The lowest BCUT2D eigenvalue weighted by Crippen LogP contribution is -2.49. The van der Waals surface area contributed by atoms with Crippen molar-refractivity contribution in [1.29, 1.82) is 0 Å². The van der Waals surface area contributed by atoms with E-state index < -0.39 is 0 Å². The number of carbonyl (C=O) groups excluding carboxylic acids is 1. The summed E-state index contributed by atoms with van der Waals surface area (Å²) in [6.07, 6.45) is 0. The van der Waals surface area contributed by atoms with E-state index in [1.54, 1.807) is 12.1 Å². The van der Waals surface area contributed by atoms with Crippen LogP contribution in [0.5, 0.6) is 5.75 Å². The van der Waals surface area contributed by atoms with Gasteiger partial charge in [-0.1, -0.05) is 63.2 Å². The molecule has 198 valence electrons. The van der Waals surface area contributed by atoms with Gasteiger partial charge in [-0.25, -0.2) is 4.39 Å². The van der Waals surface area contributed by atoms with E-state index in [1.807, 2.05) is 47.1 Å². The van der Waals surface area contributed by atoms with Crippen molar-refractivity contribution < 1.29 is 13.9 Å². The van der Waals surface area contributed by atoms with Crippen LogP contribution >= 0.6 is 0 Å². The van der Waals surface area contributed by atoms with Crippen molar-refractivity contribution in [1.82, 2.24) is 9.47 Å². The van der Waals surface area contributed by atoms with Gasteiger partial charge in [-0.2, -0.15) is 0 Å². The van der Waals surface area contributed by atoms with Crippen LogP contribution in [0.2, 0.25) is 0 Å². The Hall–Kier alpha value is -3.80. The van der Waals surface area contributed by atoms with Crippen LogP contribution in [0.4, 0.5) is 10.1 Å². The fourth-order valence-electron chi connectivity index (χ4n) is 5.20. The van der Waals surface area contributed by atoms with E-state index in [0.717, 1.165) is 22.2 Å². The number of para-hydroxylation sites is 1. The number of amides is 1. The molecule has 3 aromatic carbocycles. The van der Waals surface area contributed by atoms with Gasteiger partial charge in [-0.15, -0.1) is 0 Å². The van der Waals surface area contributed by atoms with Crippen molar-refractivity contribution in [3.63, 3.8) is 0 Å². The molecule has 0 N–H and O–H groups in total. The lowest BCUT2D eigenvalue weighted by molar-refractivity contribution is 0.0736. The molecule has 4 aromatic rings. The molecule has 0 radical (unpaired) electrons. The fourth-order valence-corrected chi connectivity index (χ4v) is 5.20. The van der Waals surface area contributed by atoms with Crippen LogP contribution in [0.15, 0.2) is 72.8 Å². The molecule has 1 amide bonds. The third kappa shape index (κ3) is 5.13. The van der Waals surface area contributed by atoms with E-state index in [-0.39, 0.29) is 17.1 Å². The van der Waals surface area contributed by atoms with Gasteiger partial charge in [-0.05, 0) is 53.8 Å². The third-order valence-electron chi connectivity index (χ3n) is 7.35. The standard InChI is InChI=1S/C32H36FN3O2/c1-5-38-30-12-8-11-27-25(30)21-29(36(27)22-23-13-15-24(16-14-23)32(2,3)4)31(37)35-19-17-34(18-20-35)28-10-7-6-9-26(28)33/h6-16,21H,5,17-20,22H2,1-4H3. The van der Waals surface area contributed by atoms with Crippen molar-refractivity contribution in [3.05, 3.63) is 95.4 Å². The molecule has 1 aromatic heterocycles. The SMILES string of the molecule is CCOc1cccc2c1cc(C(=O)N1CCN(c3ccccc3F)CC1)n2Cc1ccc(C(C)(C)C)cc1. The molecule has 1 aliphatic rings. The van der Waals surface area contributed by atoms with Gasteiger partial charge in [0, 0.05) is 38.1 Å². The van der Waals surface area contributed by atoms with Crippen molar-refractivity contribution in [2.45, 2.75) is 39.7 Å². The highest BCUT2D eigenvalue weighted by atomic mass is 19.1. The lowest BCUT2D eigenvalue weighted by atomic mass is 9.87. The molecule has 5 rings (SSSR count). The summed E-state index contributed by atoms with van der Waals surface area (Å²) in [5.74, 6) is 0.543. The number of nitrogens with zero attached hydrogens (tertiary/aromatic N) is 3. The topological polar surface area (TPSA) is 37.7 Å². The van der Waals surface area contributed by atoms with Crippen LogP contribution in [-0.4, -0.2) is 48.2 Å². The Morgan fingerprint density at radius 2 is 1.63 bits per heavy atom. The summed E-state index contributed by atoms with van der Waals surface area (Å²) in [6, 6.07) is 23.4. The lowest BCUT2D eigenvalue weighted by Gasteiger charge is -2.36. The summed E-state index contributed by atoms with van der Waals surface area (Å²) >= 11 is 0. The molecule has 1 fully saturated rings. The molecule has 0 atom stereocenters. The largest absolute Gasteiger partial charge is 0.493 e. The van der Waals surface area contributed by atoms with Crippen LogP contribution in [0.3, 0.4) is 0 Å². The Kier molecular flexibility index (Phi) is 7.15. The monoisotopic (exact) mass is 513 g/mol. The number of fused-ring (bicyclic) bond motifs is 1. The number of ether oxygens (including phenoxy) is 1. The van der Waals surface area contributed by atoms with Gasteiger partial charge in [0.1, 0.15) is 17.3 Å². The second-order valence-electron chi connectivity index (χ2n) is 10.9. The third-order valence-corrected chi connectivity index (χ3v) is 7.35. The van der Waals surface area contributed by atoms with E-state index in [1.165, 1.54) is 11.6 Å². The minimum absolute atomic E-state index is 0.0110. The van der Waals surface area contributed by atoms with Gasteiger partial charge in [0.15, 0.2) is 0 Å². The summed E-state index contributed by atoms with van der Waals surface area (Å²) in [5.41, 5.74) is 4.71. The first-order chi connectivity index (χ1) is 18.3. The molecule has 5 nitrogen and oxygen atoms in total. The van der Waals surface area contributed by atoms with Gasteiger partial charge < -0.3 is 19.1 Å². The van der Waals surface area contributed by atoms with Crippen LogP contribution in [-0.2, 0) is 12.0 Å².